The second kappa shape index (κ2) is 21.6. The maximum Gasteiger partial charge on any atom is 0 e. The van der Waals surface area contributed by atoms with Gasteiger partial charge >= 0.3 is 0 Å². The monoisotopic (exact) mass is 1190 g/mol. The van der Waals surface area contributed by atoms with Gasteiger partial charge < -0.3 is 39.5 Å². The number of nitrogens with zero attached hydrogens (tertiary/aromatic N) is 8. The molecule has 2 aliphatic rings. The number of anilines is 2. The van der Waals surface area contributed by atoms with Crippen LogP contribution in [-0.2, 0) is 42.1 Å². The molecule has 0 saturated heterocycles. The summed E-state index contributed by atoms with van der Waals surface area (Å²) in [6.07, 6.45) is 8.01. The average molecular weight is 1190 g/mol. The van der Waals surface area contributed by atoms with Crippen molar-refractivity contribution in [1.29, 1.82) is 0 Å². The fraction of sp³-hybridized carbons (Fsp3) is 0.0370. The summed E-state index contributed by atoms with van der Waals surface area (Å²) in [5, 5.41) is 4.58. The number of benzene rings is 6. The van der Waals surface area contributed by atoms with Gasteiger partial charge in [-0.05, 0) is 94.0 Å². The van der Waals surface area contributed by atoms with Gasteiger partial charge in [-0.1, -0.05) is 145 Å². The van der Waals surface area contributed by atoms with Crippen molar-refractivity contribution in [3.05, 3.63) is 232 Å². The van der Waals surface area contributed by atoms with Crippen LogP contribution in [0.15, 0.2) is 207 Å². The van der Waals surface area contributed by atoms with Gasteiger partial charge in [0.2, 0.25) is 0 Å². The molecule has 324 valence electrons. The molecule has 0 spiro atoms. The predicted molar refractivity (Wildman–Crippen MR) is 254 cm³/mol. The Morgan fingerprint density at radius 2 is 0.797 bits per heavy atom. The molecule has 6 aromatic carbocycles. The number of pyridine rings is 2. The van der Waals surface area contributed by atoms with E-state index in [9.17, 15) is 0 Å². The molecule has 0 radical (unpaired) electrons. The molecular weight excluding hydrogens is 1150 g/mol. The Morgan fingerprint density at radius 3 is 1.17 bits per heavy atom. The molecule has 8 nitrogen and oxygen atoms in total. The van der Waals surface area contributed by atoms with Crippen molar-refractivity contribution < 1.29 is 42.1 Å². The van der Waals surface area contributed by atoms with Crippen LogP contribution < -0.4 is 19.8 Å². The fourth-order valence-corrected chi connectivity index (χ4v) is 7.13. The molecule has 0 atom stereocenters. The summed E-state index contributed by atoms with van der Waals surface area (Å²) >= 11 is 0. The topological polar surface area (TPSA) is 66.9 Å². The van der Waals surface area contributed by atoms with Gasteiger partial charge in [-0.25, -0.2) is 0 Å². The Kier molecular flexibility index (Phi) is 15.3. The summed E-state index contributed by atoms with van der Waals surface area (Å²) in [5.74, 6) is 0. The molecule has 10 aromatic rings. The fourth-order valence-electron chi connectivity index (χ4n) is 7.13. The first-order valence-corrected chi connectivity index (χ1v) is 20.3. The maximum atomic E-state index is 4.67. The van der Waals surface area contributed by atoms with E-state index in [-0.39, 0.29) is 42.1 Å². The van der Waals surface area contributed by atoms with Crippen LogP contribution in [-0.4, -0.2) is 33.9 Å². The number of rotatable bonds is 4. The van der Waals surface area contributed by atoms with Gasteiger partial charge in [-0.2, -0.15) is 74.0 Å². The van der Waals surface area contributed by atoms with E-state index in [2.05, 4.69) is 92.7 Å². The Bertz CT molecular complexity index is 2870. The van der Waals surface area contributed by atoms with Crippen LogP contribution in [0.25, 0.3) is 66.4 Å². The van der Waals surface area contributed by atoms with Gasteiger partial charge in [0.25, 0.3) is 0 Å². The largest absolute Gasteiger partial charge is 0.510 e. The van der Waals surface area contributed by atoms with Crippen molar-refractivity contribution in [3.63, 3.8) is 0 Å². The first kappa shape index (κ1) is 45.3. The van der Waals surface area contributed by atoms with Crippen LogP contribution in [0.4, 0.5) is 11.4 Å². The van der Waals surface area contributed by atoms with E-state index >= 15 is 0 Å². The molecule has 0 unspecified atom stereocenters. The smallest absolute Gasteiger partial charge is 0 e. The standard InChI is InChI=1S/2C17H11N2.2C10H10N2.2Pt/c2*1-2-6-12(7-3-1)15-11-10-14-13-8-4-5-9-16(13)19-17(14)18-15;2*1-11-7-8-12(9-11)10-5-3-2-4-6-10;;/h2*1-11H;2*2-5,7-9H,1H3;;/q2*-1;2*-2;;. The van der Waals surface area contributed by atoms with Crippen LogP contribution in [0, 0.1) is 25.5 Å². The quantitative estimate of drug-likeness (QED) is 0.162. The summed E-state index contributed by atoms with van der Waals surface area (Å²) in [6, 6.07) is 67.2. The maximum absolute atomic E-state index is 4.67. The zero-order valence-corrected chi connectivity index (χ0v) is 39.5. The van der Waals surface area contributed by atoms with Gasteiger partial charge in [0.15, 0.2) is 0 Å². The van der Waals surface area contributed by atoms with Gasteiger partial charge in [0.1, 0.15) is 0 Å². The van der Waals surface area contributed by atoms with Crippen LogP contribution >= 0.6 is 0 Å². The van der Waals surface area contributed by atoms with Crippen LogP contribution in [0.5, 0.6) is 0 Å². The summed E-state index contributed by atoms with van der Waals surface area (Å²) in [7, 11) is 4.00. The third-order valence-electron chi connectivity index (χ3n) is 10.2. The SMILES string of the molecule is CN1C=CN(c2[c-]cccc2)[CH-]1.CN1C=CN(c2[c-]cccc2)[CH-]1.[Pt].[Pt].c1ccc(-c2ccc3c(n2)[n-]c2ccccc23)cc1.c1ccc(-c2ccc3c(n2)[n-]c2ccccc23)cc1. The van der Waals surface area contributed by atoms with Crippen molar-refractivity contribution in [2.75, 3.05) is 23.9 Å². The second-order valence-corrected chi connectivity index (χ2v) is 14.6. The van der Waals surface area contributed by atoms with Crippen LogP contribution in [0.3, 0.4) is 0 Å². The van der Waals surface area contributed by atoms with Crippen molar-refractivity contribution in [2.45, 2.75) is 0 Å². The third kappa shape index (κ3) is 10.7. The van der Waals surface area contributed by atoms with E-state index in [1.54, 1.807) is 0 Å². The van der Waals surface area contributed by atoms with E-state index < -0.39 is 0 Å². The van der Waals surface area contributed by atoms with E-state index in [0.29, 0.717) is 0 Å². The van der Waals surface area contributed by atoms with E-state index in [4.69, 9.17) is 0 Å². The third-order valence-corrected chi connectivity index (χ3v) is 10.2. The number of hydrogen-bond acceptors (Lipinski definition) is 6. The molecule has 6 heterocycles. The molecule has 64 heavy (non-hydrogen) atoms. The zero-order chi connectivity index (χ0) is 42.1. The van der Waals surface area contributed by atoms with Crippen molar-refractivity contribution in [3.8, 4) is 22.5 Å². The van der Waals surface area contributed by atoms with Gasteiger partial charge in [0, 0.05) is 42.1 Å². The minimum Gasteiger partial charge on any atom is -0.510 e. The minimum absolute atomic E-state index is 0. The van der Waals surface area contributed by atoms with Crippen molar-refractivity contribution in [1.82, 2.24) is 29.7 Å². The first-order chi connectivity index (χ1) is 30.6. The summed E-state index contributed by atoms with van der Waals surface area (Å²) < 4.78 is 0. The minimum atomic E-state index is 0. The molecule has 4 aromatic heterocycles. The van der Waals surface area contributed by atoms with Crippen LogP contribution in [0.1, 0.15) is 0 Å². The molecule has 0 amide bonds. The zero-order valence-electron chi connectivity index (χ0n) is 35.0. The van der Waals surface area contributed by atoms with Gasteiger partial charge in [-0.15, -0.1) is 11.4 Å². The summed E-state index contributed by atoms with van der Waals surface area (Å²) in [5.41, 5.74) is 9.98. The number of hydrogen-bond donors (Lipinski definition) is 0. The van der Waals surface area contributed by atoms with E-state index in [1.165, 1.54) is 10.8 Å². The van der Waals surface area contributed by atoms with Crippen molar-refractivity contribution >= 4 is 55.2 Å². The summed E-state index contributed by atoms with van der Waals surface area (Å²) in [4.78, 5) is 26.6. The molecule has 0 N–H and O–H groups in total. The number of aromatic nitrogens is 4. The molecule has 2 aliphatic heterocycles. The molecule has 0 aliphatic carbocycles. The van der Waals surface area contributed by atoms with Gasteiger partial charge in [0.05, 0.1) is 0 Å². The molecule has 0 fully saturated rings. The average Bonchev–Trinajstić information content (AvgIpc) is 4.15. The Labute approximate surface area is 403 Å². The number of para-hydroxylation sites is 4. The van der Waals surface area contributed by atoms with Crippen LogP contribution in [0.2, 0.25) is 0 Å². The Morgan fingerprint density at radius 1 is 0.406 bits per heavy atom. The summed E-state index contributed by atoms with van der Waals surface area (Å²) in [6.45, 7) is 4.01. The van der Waals surface area contributed by atoms with Gasteiger partial charge in [-0.3, -0.25) is 0 Å². The van der Waals surface area contributed by atoms with Crippen molar-refractivity contribution in [2.24, 2.45) is 0 Å². The molecular formula is C54H42N8Pt2-6. The Balaban J connectivity index is 0.000000129. The molecule has 12 rings (SSSR count). The van der Waals surface area contributed by atoms with E-state index in [0.717, 1.165) is 67.0 Å². The predicted octanol–water partition coefficient (Wildman–Crippen LogP) is 11.7. The normalized spacial score (nSPS) is 12.5. The second-order valence-electron chi connectivity index (χ2n) is 14.6. The van der Waals surface area contributed by atoms with E-state index in [1.807, 2.05) is 193 Å². The molecule has 0 saturated carbocycles. The number of fused-ring (bicyclic) bond motifs is 6. The molecule has 10 heteroatoms. The molecule has 0 bridgehead atoms. The first-order valence-electron chi connectivity index (χ1n) is 20.3. The Hall–Kier alpha value is -6.72.